The minimum atomic E-state index is 0.180. The Bertz CT molecular complexity index is 391. The molecule has 0 unspecified atom stereocenters. The maximum atomic E-state index is 12.3. The number of hydrogen-bond donors (Lipinski definition) is 0. The lowest BCUT2D eigenvalue weighted by Gasteiger charge is -2.35. The fourth-order valence-corrected chi connectivity index (χ4v) is 2.96. The van der Waals surface area contributed by atoms with Gasteiger partial charge in [-0.05, 0) is 65.1 Å². The second-order valence-corrected chi connectivity index (χ2v) is 6.41. The van der Waals surface area contributed by atoms with Gasteiger partial charge in [0.25, 0.3) is 5.91 Å². The van der Waals surface area contributed by atoms with Crippen molar-refractivity contribution in [1.82, 2.24) is 4.90 Å². The molecule has 0 spiro atoms. The van der Waals surface area contributed by atoms with E-state index in [-0.39, 0.29) is 5.91 Å². The number of rotatable bonds is 1. The van der Waals surface area contributed by atoms with Crippen molar-refractivity contribution < 1.29 is 4.79 Å². The molecule has 1 aliphatic heterocycles. The van der Waals surface area contributed by atoms with E-state index in [0.717, 1.165) is 18.7 Å². The molecular weight excluding hydrogens is 325 g/mol. The SMILES string of the molecule is C[C@@H]1C[C@H](C)CN(C(=O)c2ccc(I)cc2)C1. The highest BCUT2D eigenvalue weighted by molar-refractivity contribution is 14.1. The van der Waals surface area contributed by atoms with Crippen molar-refractivity contribution in [1.29, 1.82) is 0 Å². The van der Waals surface area contributed by atoms with E-state index in [1.165, 1.54) is 9.99 Å². The second kappa shape index (κ2) is 5.38. The molecule has 92 valence electrons. The van der Waals surface area contributed by atoms with Crippen LogP contribution in [0.2, 0.25) is 0 Å². The first-order valence-corrected chi connectivity index (χ1v) is 7.19. The smallest absolute Gasteiger partial charge is 0.253 e. The third-order valence-corrected chi connectivity index (χ3v) is 3.97. The summed E-state index contributed by atoms with van der Waals surface area (Å²) in [6.07, 6.45) is 1.23. The van der Waals surface area contributed by atoms with E-state index in [9.17, 15) is 4.79 Å². The van der Waals surface area contributed by atoms with Crippen LogP contribution in [-0.4, -0.2) is 23.9 Å². The summed E-state index contributed by atoms with van der Waals surface area (Å²) in [4.78, 5) is 14.3. The highest BCUT2D eigenvalue weighted by Gasteiger charge is 2.25. The number of likely N-dealkylation sites (tertiary alicyclic amines) is 1. The second-order valence-electron chi connectivity index (χ2n) is 5.16. The molecule has 1 saturated heterocycles. The van der Waals surface area contributed by atoms with Crippen molar-refractivity contribution in [3.63, 3.8) is 0 Å². The molecule has 0 aromatic heterocycles. The molecule has 0 radical (unpaired) electrons. The van der Waals surface area contributed by atoms with Gasteiger partial charge in [-0.2, -0.15) is 0 Å². The molecule has 3 heteroatoms. The zero-order valence-corrected chi connectivity index (χ0v) is 12.5. The van der Waals surface area contributed by atoms with Gasteiger partial charge in [0.05, 0.1) is 0 Å². The Hall–Kier alpha value is -0.580. The molecule has 1 amide bonds. The molecule has 1 aromatic carbocycles. The van der Waals surface area contributed by atoms with Crippen molar-refractivity contribution in [3.8, 4) is 0 Å². The van der Waals surface area contributed by atoms with Crippen molar-refractivity contribution in [2.45, 2.75) is 20.3 Å². The standard InChI is InChI=1S/C14H18INO/c1-10-7-11(2)9-16(8-10)14(17)12-3-5-13(15)6-4-12/h3-6,10-11H,7-9H2,1-2H3/t10-,11+. The maximum absolute atomic E-state index is 12.3. The molecule has 0 saturated carbocycles. The Kier molecular flexibility index (Phi) is 4.07. The molecule has 2 rings (SSSR count). The molecule has 0 bridgehead atoms. The van der Waals surface area contributed by atoms with Crippen LogP contribution in [0.3, 0.4) is 0 Å². The van der Waals surface area contributed by atoms with Gasteiger partial charge in [0, 0.05) is 22.2 Å². The van der Waals surface area contributed by atoms with Crippen molar-refractivity contribution in [3.05, 3.63) is 33.4 Å². The molecule has 1 aliphatic rings. The number of amides is 1. The molecule has 2 nitrogen and oxygen atoms in total. The summed E-state index contributed by atoms with van der Waals surface area (Å²) >= 11 is 2.26. The Morgan fingerprint density at radius 1 is 1.18 bits per heavy atom. The number of benzene rings is 1. The molecular formula is C14H18INO. The van der Waals surface area contributed by atoms with Crippen LogP contribution in [0.5, 0.6) is 0 Å². The van der Waals surface area contributed by atoms with Gasteiger partial charge in [-0.25, -0.2) is 0 Å². The maximum Gasteiger partial charge on any atom is 0.253 e. The predicted molar refractivity (Wildman–Crippen MR) is 78.0 cm³/mol. The van der Waals surface area contributed by atoms with Gasteiger partial charge >= 0.3 is 0 Å². The zero-order valence-electron chi connectivity index (χ0n) is 10.3. The number of nitrogens with zero attached hydrogens (tertiary/aromatic N) is 1. The van der Waals surface area contributed by atoms with Crippen molar-refractivity contribution in [2.24, 2.45) is 11.8 Å². The average Bonchev–Trinajstić information content (AvgIpc) is 2.28. The van der Waals surface area contributed by atoms with Crippen molar-refractivity contribution >= 4 is 28.5 Å². The number of carbonyl (C=O) groups excluding carboxylic acids is 1. The van der Waals surface area contributed by atoms with Crippen LogP contribution in [-0.2, 0) is 0 Å². The lowest BCUT2D eigenvalue weighted by molar-refractivity contribution is 0.0623. The molecule has 2 atom stereocenters. The summed E-state index contributed by atoms with van der Waals surface area (Å²) in [5.41, 5.74) is 0.812. The number of halogens is 1. The molecule has 1 heterocycles. The Morgan fingerprint density at radius 3 is 2.24 bits per heavy atom. The summed E-state index contributed by atoms with van der Waals surface area (Å²) in [7, 11) is 0. The van der Waals surface area contributed by atoms with E-state index >= 15 is 0 Å². The molecule has 1 aromatic rings. The van der Waals surface area contributed by atoms with E-state index < -0.39 is 0 Å². The highest BCUT2D eigenvalue weighted by Crippen LogP contribution is 2.22. The Labute approximate surface area is 117 Å². The van der Waals surface area contributed by atoms with Crippen LogP contribution in [0.25, 0.3) is 0 Å². The average molecular weight is 343 g/mol. The van der Waals surface area contributed by atoms with Gasteiger partial charge in [0.15, 0.2) is 0 Å². The van der Waals surface area contributed by atoms with E-state index in [1.807, 2.05) is 29.2 Å². The van der Waals surface area contributed by atoms with Gasteiger partial charge in [0.1, 0.15) is 0 Å². The van der Waals surface area contributed by atoms with Gasteiger partial charge in [0.2, 0.25) is 0 Å². The van der Waals surface area contributed by atoms with E-state index in [1.54, 1.807) is 0 Å². The first-order valence-electron chi connectivity index (χ1n) is 6.11. The quantitative estimate of drug-likeness (QED) is 0.716. The van der Waals surface area contributed by atoms with Crippen molar-refractivity contribution in [2.75, 3.05) is 13.1 Å². The van der Waals surface area contributed by atoms with E-state index in [2.05, 4.69) is 36.4 Å². The van der Waals surface area contributed by atoms with Crippen LogP contribution in [0.15, 0.2) is 24.3 Å². The summed E-state index contributed by atoms with van der Waals surface area (Å²) < 4.78 is 1.17. The lowest BCUT2D eigenvalue weighted by Crippen LogP contribution is -2.42. The zero-order chi connectivity index (χ0) is 12.4. The molecule has 17 heavy (non-hydrogen) atoms. The number of piperidine rings is 1. The molecule has 0 aliphatic carbocycles. The molecule has 0 N–H and O–H groups in total. The summed E-state index contributed by atoms with van der Waals surface area (Å²) in [6, 6.07) is 7.83. The molecule has 1 fully saturated rings. The van der Waals surface area contributed by atoms with E-state index in [4.69, 9.17) is 0 Å². The summed E-state index contributed by atoms with van der Waals surface area (Å²) in [6.45, 7) is 6.25. The van der Waals surface area contributed by atoms with Gasteiger partial charge in [-0.1, -0.05) is 13.8 Å². The van der Waals surface area contributed by atoms with Gasteiger partial charge in [-0.3, -0.25) is 4.79 Å². The van der Waals surface area contributed by atoms with Gasteiger partial charge in [-0.15, -0.1) is 0 Å². The Balaban J connectivity index is 2.11. The monoisotopic (exact) mass is 343 g/mol. The van der Waals surface area contributed by atoms with E-state index in [0.29, 0.717) is 11.8 Å². The predicted octanol–water partition coefficient (Wildman–Crippen LogP) is 3.41. The third kappa shape index (κ3) is 3.21. The topological polar surface area (TPSA) is 20.3 Å². The first kappa shape index (κ1) is 12.9. The van der Waals surface area contributed by atoms with Crippen LogP contribution >= 0.6 is 22.6 Å². The first-order chi connectivity index (χ1) is 8.06. The fraction of sp³-hybridized carbons (Fsp3) is 0.500. The van der Waals surface area contributed by atoms with Crippen LogP contribution in [0, 0.1) is 15.4 Å². The normalized spacial score (nSPS) is 24.8. The van der Waals surface area contributed by atoms with Crippen LogP contribution in [0.1, 0.15) is 30.6 Å². The third-order valence-electron chi connectivity index (χ3n) is 3.25. The van der Waals surface area contributed by atoms with Crippen LogP contribution < -0.4 is 0 Å². The number of carbonyl (C=O) groups is 1. The summed E-state index contributed by atoms with van der Waals surface area (Å²) in [5.74, 6) is 1.41. The number of hydrogen-bond acceptors (Lipinski definition) is 1. The van der Waals surface area contributed by atoms with Gasteiger partial charge < -0.3 is 4.90 Å². The minimum absolute atomic E-state index is 0.180. The fourth-order valence-electron chi connectivity index (χ4n) is 2.60. The Morgan fingerprint density at radius 2 is 1.71 bits per heavy atom. The highest BCUT2D eigenvalue weighted by atomic mass is 127. The van der Waals surface area contributed by atoms with Crippen LogP contribution in [0.4, 0.5) is 0 Å². The summed E-state index contributed by atoms with van der Waals surface area (Å²) in [5, 5.41) is 0. The largest absolute Gasteiger partial charge is 0.338 e. The minimum Gasteiger partial charge on any atom is -0.338 e. The lowest BCUT2D eigenvalue weighted by atomic mass is 9.91.